The van der Waals surface area contributed by atoms with Crippen LogP contribution in [0.1, 0.15) is 17.3 Å². The molecule has 130 valence electrons. The lowest BCUT2D eigenvalue weighted by Gasteiger charge is -2.09. The van der Waals surface area contributed by atoms with Crippen LogP contribution in [0.2, 0.25) is 0 Å². The van der Waals surface area contributed by atoms with Gasteiger partial charge in [-0.1, -0.05) is 12.1 Å². The first-order valence-electron chi connectivity index (χ1n) is 6.61. The number of rotatable bonds is 5. The number of esters is 2. The van der Waals surface area contributed by atoms with Crippen molar-refractivity contribution in [1.82, 2.24) is 0 Å². The molecule has 0 saturated carbocycles. The van der Waals surface area contributed by atoms with Gasteiger partial charge in [0.1, 0.15) is 5.57 Å². The van der Waals surface area contributed by atoms with E-state index in [1.807, 2.05) is 0 Å². The number of methoxy groups -OCH3 is 1. The maximum absolute atomic E-state index is 12.6. The predicted octanol–water partition coefficient (Wildman–Crippen LogP) is 3.11. The van der Waals surface area contributed by atoms with Gasteiger partial charge in [0.2, 0.25) is 5.76 Å². The molecule has 0 aliphatic heterocycles. The monoisotopic (exact) mass is 345 g/mol. The van der Waals surface area contributed by atoms with Crippen LogP contribution in [0, 0.1) is 0 Å². The fourth-order valence-corrected chi connectivity index (χ4v) is 1.57. The van der Waals surface area contributed by atoms with Gasteiger partial charge in [0.05, 0.1) is 25.0 Å². The number of para-hydroxylation sites is 1. The van der Waals surface area contributed by atoms with E-state index in [-0.39, 0.29) is 17.9 Å². The van der Waals surface area contributed by atoms with Crippen LogP contribution in [0.15, 0.2) is 40.6 Å². The average Bonchev–Trinajstić information content (AvgIpc) is 2.54. The Morgan fingerprint density at radius 1 is 1.29 bits per heavy atom. The smallest absolute Gasteiger partial charge is 0.449 e. The first-order valence-corrected chi connectivity index (χ1v) is 6.61. The number of allylic oxidation sites excluding steroid dienone is 1. The summed E-state index contributed by atoms with van der Waals surface area (Å²) in [6, 6.07) is 5.66. The third-order valence-electron chi connectivity index (χ3n) is 2.66. The van der Waals surface area contributed by atoms with Gasteiger partial charge in [-0.15, -0.1) is 0 Å². The molecular formula is C15H14F3NO5. The minimum absolute atomic E-state index is 0.0223. The fourth-order valence-electron chi connectivity index (χ4n) is 1.57. The van der Waals surface area contributed by atoms with E-state index >= 15 is 0 Å². The quantitative estimate of drug-likeness (QED) is 0.384. The van der Waals surface area contributed by atoms with Crippen molar-refractivity contribution in [2.24, 2.45) is 4.99 Å². The highest BCUT2D eigenvalue weighted by Crippen LogP contribution is 2.27. The first kappa shape index (κ1) is 19.2. The Morgan fingerprint density at radius 3 is 2.46 bits per heavy atom. The Kier molecular flexibility index (Phi) is 6.51. The van der Waals surface area contributed by atoms with Crippen LogP contribution < -0.4 is 0 Å². The molecule has 0 amide bonds. The lowest BCUT2D eigenvalue weighted by molar-refractivity contribution is -0.141. The predicted molar refractivity (Wildman–Crippen MR) is 78.3 cm³/mol. The second-order valence-electron chi connectivity index (χ2n) is 4.25. The van der Waals surface area contributed by atoms with Crippen LogP contribution in [-0.2, 0) is 14.3 Å². The van der Waals surface area contributed by atoms with Gasteiger partial charge in [0.15, 0.2) is 0 Å². The molecule has 0 radical (unpaired) electrons. The molecule has 0 atom stereocenters. The highest BCUT2D eigenvalue weighted by Gasteiger charge is 2.38. The minimum atomic E-state index is -5.16. The van der Waals surface area contributed by atoms with E-state index in [2.05, 4.69) is 14.5 Å². The maximum Gasteiger partial charge on any atom is 0.449 e. The number of aliphatic hydroxyl groups is 1. The van der Waals surface area contributed by atoms with Crippen molar-refractivity contribution in [1.29, 1.82) is 0 Å². The summed E-state index contributed by atoms with van der Waals surface area (Å²) in [6.45, 7) is 1.20. The van der Waals surface area contributed by atoms with E-state index in [9.17, 15) is 27.9 Å². The van der Waals surface area contributed by atoms with Crippen molar-refractivity contribution in [3.05, 3.63) is 41.2 Å². The number of hydrogen-bond donors (Lipinski definition) is 1. The van der Waals surface area contributed by atoms with Crippen LogP contribution in [0.5, 0.6) is 0 Å². The molecule has 1 rings (SSSR count). The van der Waals surface area contributed by atoms with Crippen molar-refractivity contribution in [2.45, 2.75) is 13.1 Å². The molecule has 0 aliphatic rings. The molecule has 0 spiro atoms. The van der Waals surface area contributed by atoms with Crippen LogP contribution >= 0.6 is 0 Å². The number of hydrogen-bond acceptors (Lipinski definition) is 6. The summed E-state index contributed by atoms with van der Waals surface area (Å²) in [4.78, 5) is 26.9. The number of benzene rings is 1. The van der Waals surface area contributed by atoms with Crippen molar-refractivity contribution in [3.63, 3.8) is 0 Å². The number of aliphatic hydroxyl groups excluding tert-OH is 1. The summed E-state index contributed by atoms with van der Waals surface area (Å²) >= 11 is 0. The maximum atomic E-state index is 12.6. The molecule has 1 N–H and O–H groups in total. The summed E-state index contributed by atoms with van der Waals surface area (Å²) < 4.78 is 46.9. The lowest BCUT2D eigenvalue weighted by Crippen LogP contribution is -2.20. The van der Waals surface area contributed by atoms with Gasteiger partial charge in [-0.05, 0) is 19.1 Å². The largest absolute Gasteiger partial charge is 0.504 e. The van der Waals surface area contributed by atoms with Gasteiger partial charge in [-0.3, -0.25) is 4.99 Å². The SMILES string of the molecule is CCOC(=O)/C(C=Nc1ccccc1C(=O)OC)=C(/O)C(F)(F)F. The van der Waals surface area contributed by atoms with Gasteiger partial charge < -0.3 is 14.6 Å². The highest BCUT2D eigenvalue weighted by molar-refractivity contribution is 6.11. The number of carbonyl (C=O) groups is 2. The van der Waals surface area contributed by atoms with Gasteiger partial charge in [-0.2, -0.15) is 13.2 Å². The molecule has 0 aromatic heterocycles. The zero-order valence-electron chi connectivity index (χ0n) is 12.8. The third-order valence-corrected chi connectivity index (χ3v) is 2.66. The molecule has 0 fully saturated rings. The summed E-state index contributed by atoms with van der Waals surface area (Å²) in [5.74, 6) is -4.30. The molecule has 0 heterocycles. The average molecular weight is 345 g/mol. The number of nitrogens with zero attached hydrogens (tertiary/aromatic N) is 1. The second kappa shape index (κ2) is 8.14. The fraction of sp³-hybridized carbons (Fsp3) is 0.267. The molecular weight excluding hydrogens is 331 g/mol. The van der Waals surface area contributed by atoms with Crippen LogP contribution in [-0.4, -0.2) is 43.2 Å². The zero-order valence-corrected chi connectivity index (χ0v) is 12.8. The number of aliphatic imine (C=N–C) groups is 1. The molecule has 0 bridgehead atoms. The molecule has 0 aliphatic carbocycles. The Morgan fingerprint density at radius 2 is 1.92 bits per heavy atom. The summed E-state index contributed by atoms with van der Waals surface area (Å²) in [7, 11) is 1.13. The van der Waals surface area contributed by atoms with Crippen LogP contribution in [0.25, 0.3) is 0 Å². The van der Waals surface area contributed by atoms with E-state index < -0.39 is 29.4 Å². The van der Waals surface area contributed by atoms with Gasteiger partial charge >= 0.3 is 18.1 Å². The van der Waals surface area contributed by atoms with E-state index in [0.29, 0.717) is 6.21 Å². The lowest BCUT2D eigenvalue weighted by atomic mass is 10.2. The molecule has 24 heavy (non-hydrogen) atoms. The molecule has 1 aromatic rings. The van der Waals surface area contributed by atoms with Gasteiger partial charge in [-0.25, -0.2) is 9.59 Å². The standard InChI is InChI=1S/C15H14F3NO5/c1-3-24-14(22)10(12(20)15(16,17)18)8-19-11-7-5-4-6-9(11)13(21)23-2/h4-8,20H,3H2,1-2H3/b12-10+,19-8?. The Balaban J connectivity index is 3.33. The van der Waals surface area contributed by atoms with Crippen molar-refractivity contribution in [3.8, 4) is 0 Å². The molecule has 0 unspecified atom stereocenters. The normalized spacial score (nSPS) is 12.7. The Labute approximate surface area is 135 Å². The number of carbonyl (C=O) groups excluding carboxylic acids is 2. The minimum Gasteiger partial charge on any atom is -0.504 e. The molecule has 0 saturated heterocycles. The Bertz CT molecular complexity index is 680. The third kappa shape index (κ3) is 4.83. The van der Waals surface area contributed by atoms with E-state index in [0.717, 1.165) is 7.11 Å². The van der Waals surface area contributed by atoms with Crippen molar-refractivity contribution in [2.75, 3.05) is 13.7 Å². The first-order chi connectivity index (χ1) is 11.2. The van der Waals surface area contributed by atoms with Crippen LogP contribution in [0.3, 0.4) is 0 Å². The molecule has 9 heteroatoms. The van der Waals surface area contributed by atoms with E-state index in [1.165, 1.54) is 31.2 Å². The number of alkyl halides is 3. The zero-order chi connectivity index (χ0) is 18.3. The number of ether oxygens (including phenoxy) is 2. The van der Waals surface area contributed by atoms with Crippen molar-refractivity contribution >= 4 is 23.8 Å². The topological polar surface area (TPSA) is 85.2 Å². The van der Waals surface area contributed by atoms with Gasteiger partial charge in [0, 0.05) is 6.21 Å². The molecule has 6 nitrogen and oxygen atoms in total. The number of halogens is 3. The van der Waals surface area contributed by atoms with Crippen molar-refractivity contribution < 1.29 is 37.3 Å². The second-order valence-corrected chi connectivity index (χ2v) is 4.25. The van der Waals surface area contributed by atoms with E-state index in [4.69, 9.17) is 0 Å². The Hall–Kier alpha value is -2.84. The van der Waals surface area contributed by atoms with E-state index in [1.54, 1.807) is 0 Å². The molecule has 1 aromatic carbocycles. The van der Waals surface area contributed by atoms with Crippen LogP contribution in [0.4, 0.5) is 18.9 Å². The van der Waals surface area contributed by atoms with Gasteiger partial charge in [0.25, 0.3) is 0 Å². The summed E-state index contributed by atoms with van der Waals surface area (Å²) in [5, 5.41) is 9.22. The summed E-state index contributed by atoms with van der Waals surface area (Å²) in [5.41, 5.74) is -1.24. The summed E-state index contributed by atoms with van der Waals surface area (Å²) in [6.07, 6.45) is -4.67. The highest BCUT2D eigenvalue weighted by atomic mass is 19.4.